The Kier molecular flexibility index (Phi) is 3.82. The van der Waals surface area contributed by atoms with Gasteiger partial charge < -0.3 is 0 Å². The van der Waals surface area contributed by atoms with Crippen molar-refractivity contribution in [2.45, 2.75) is 32.1 Å². The quantitative estimate of drug-likeness (QED) is 0.234. The summed E-state index contributed by atoms with van der Waals surface area (Å²) in [6.07, 6.45) is 4.24. The molecule has 0 unspecified atom stereocenters. The second-order valence-electron chi connectivity index (χ2n) is 8.57. The summed E-state index contributed by atoms with van der Waals surface area (Å²) < 4.78 is 2.35. The predicted molar refractivity (Wildman–Crippen MR) is 130 cm³/mol. The summed E-state index contributed by atoms with van der Waals surface area (Å²) in [4.78, 5) is 5.23. The van der Waals surface area contributed by atoms with Crippen molar-refractivity contribution in [1.29, 1.82) is 0 Å². The van der Waals surface area contributed by atoms with Gasteiger partial charge in [0.2, 0.25) is 11.7 Å². The van der Waals surface area contributed by atoms with Gasteiger partial charge in [-0.15, -0.1) is 0 Å². The second-order valence-corrected chi connectivity index (χ2v) is 8.57. The third-order valence-electron chi connectivity index (χ3n) is 7.36. The molecular weight excluding hydrogens is 376 g/mol. The van der Waals surface area contributed by atoms with E-state index in [1.807, 2.05) is 0 Å². The molecule has 0 atom stereocenters. The van der Waals surface area contributed by atoms with Gasteiger partial charge >= 0.3 is 0 Å². The van der Waals surface area contributed by atoms with E-state index in [4.69, 9.17) is 4.98 Å². The molecule has 1 aliphatic heterocycles. The van der Waals surface area contributed by atoms with Crippen molar-refractivity contribution in [2.75, 3.05) is 0 Å². The van der Waals surface area contributed by atoms with Gasteiger partial charge in [0.15, 0.2) is 5.70 Å². The number of allylic oxidation sites excluding steroid dienone is 1. The van der Waals surface area contributed by atoms with E-state index in [-0.39, 0.29) is 5.41 Å². The number of hydrogen-bond donors (Lipinski definition) is 0. The summed E-state index contributed by atoms with van der Waals surface area (Å²) >= 11 is 0. The Morgan fingerprint density at radius 1 is 0.806 bits per heavy atom. The summed E-state index contributed by atoms with van der Waals surface area (Å²) in [5.41, 5.74) is 6.82. The first kappa shape index (κ1) is 18.3. The van der Waals surface area contributed by atoms with Crippen LogP contribution in [0.15, 0.2) is 85.6 Å². The van der Waals surface area contributed by atoms with E-state index in [1.165, 1.54) is 32.6 Å². The second kappa shape index (κ2) is 6.49. The van der Waals surface area contributed by atoms with Crippen LogP contribution in [-0.4, -0.2) is 4.98 Å². The van der Waals surface area contributed by atoms with Crippen molar-refractivity contribution in [2.24, 2.45) is 0 Å². The van der Waals surface area contributed by atoms with Gasteiger partial charge in [-0.3, -0.25) is 0 Å². The van der Waals surface area contributed by atoms with E-state index < -0.39 is 0 Å². The van der Waals surface area contributed by atoms with Crippen LogP contribution < -0.4 is 4.57 Å². The molecule has 0 saturated carbocycles. The molecule has 1 aliphatic rings. The van der Waals surface area contributed by atoms with Crippen LogP contribution in [0, 0.1) is 0 Å². The first-order valence-corrected chi connectivity index (χ1v) is 11.1. The van der Waals surface area contributed by atoms with Gasteiger partial charge in [-0.2, -0.15) is 4.57 Å². The van der Waals surface area contributed by atoms with Gasteiger partial charge in [-0.25, -0.2) is 4.98 Å². The van der Waals surface area contributed by atoms with Crippen molar-refractivity contribution in [3.63, 3.8) is 0 Å². The van der Waals surface area contributed by atoms with Crippen molar-refractivity contribution in [3.05, 3.63) is 91.1 Å². The van der Waals surface area contributed by atoms with E-state index in [9.17, 15) is 0 Å². The largest absolute Gasteiger partial charge is 0.245 e. The molecule has 5 aromatic rings. The average Bonchev–Trinajstić information content (AvgIpc) is 2.84. The highest BCUT2D eigenvalue weighted by molar-refractivity contribution is 6.24. The first-order valence-electron chi connectivity index (χ1n) is 11.1. The molecule has 1 aromatic heterocycles. The Morgan fingerprint density at radius 2 is 1.48 bits per heavy atom. The number of rotatable bonds is 3. The lowest BCUT2D eigenvalue weighted by molar-refractivity contribution is -0.559. The molecule has 0 N–H and O–H groups in total. The lowest BCUT2D eigenvalue weighted by Gasteiger charge is -2.35. The monoisotopic (exact) mass is 401 g/mol. The molecule has 0 aliphatic carbocycles. The molecule has 2 heteroatoms. The molecule has 0 saturated heterocycles. The molecule has 31 heavy (non-hydrogen) atoms. The van der Waals surface area contributed by atoms with Gasteiger partial charge in [0.05, 0.1) is 10.8 Å². The minimum atomic E-state index is -0.0815. The minimum absolute atomic E-state index is 0.0815. The Labute approximate surface area is 182 Å². The standard InChI is InChI=1S/C29H25N2/c1-4-29(5-2)19(3)31-18-25(20-12-7-6-8-13-20)30-27-23-15-10-9-14-21(23)22-16-11-17-24(29)26(22)28(27)31/h6-18H,3-5H2,1-2H3/q+1. The molecule has 0 bridgehead atoms. The maximum Gasteiger partial charge on any atom is 0.245 e. The molecule has 0 fully saturated rings. The Morgan fingerprint density at radius 3 is 2.23 bits per heavy atom. The van der Waals surface area contributed by atoms with Crippen molar-refractivity contribution < 1.29 is 4.57 Å². The number of hydrogen-bond acceptors (Lipinski definition) is 1. The van der Waals surface area contributed by atoms with E-state index in [1.54, 1.807) is 0 Å². The van der Waals surface area contributed by atoms with Crippen LogP contribution in [-0.2, 0) is 5.41 Å². The van der Waals surface area contributed by atoms with Crippen LogP contribution in [0.1, 0.15) is 32.3 Å². The molecule has 0 amide bonds. The number of nitrogens with zero attached hydrogens (tertiary/aromatic N) is 2. The smallest absolute Gasteiger partial charge is 0.234 e. The highest BCUT2D eigenvalue weighted by Crippen LogP contribution is 2.48. The van der Waals surface area contributed by atoms with Crippen LogP contribution >= 0.6 is 0 Å². The van der Waals surface area contributed by atoms with Gasteiger partial charge in [-0.1, -0.05) is 86.6 Å². The summed E-state index contributed by atoms with van der Waals surface area (Å²) in [7, 11) is 0. The molecule has 6 rings (SSSR count). The Bertz CT molecular complexity index is 1510. The fourth-order valence-corrected chi connectivity index (χ4v) is 5.67. The van der Waals surface area contributed by atoms with Crippen LogP contribution in [0.4, 0.5) is 0 Å². The van der Waals surface area contributed by atoms with Crippen molar-refractivity contribution >= 4 is 38.3 Å². The molecule has 0 radical (unpaired) electrons. The fourth-order valence-electron chi connectivity index (χ4n) is 5.67. The number of benzene rings is 4. The summed E-state index contributed by atoms with van der Waals surface area (Å²) in [6, 6.07) is 25.9. The number of aromatic nitrogens is 2. The van der Waals surface area contributed by atoms with E-state index in [2.05, 4.69) is 104 Å². The molecule has 2 heterocycles. The Hall–Kier alpha value is -3.52. The molecular formula is C29H25N2+. The highest BCUT2D eigenvalue weighted by atomic mass is 15.0. The van der Waals surface area contributed by atoms with E-state index in [0.29, 0.717) is 0 Å². The van der Waals surface area contributed by atoms with Crippen molar-refractivity contribution in [3.8, 4) is 11.3 Å². The molecule has 150 valence electrons. The zero-order valence-corrected chi connectivity index (χ0v) is 18.0. The molecule has 4 aromatic carbocycles. The van der Waals surface area contributed by atoms with Gasteiger partial charge in [0, 0.05) is 10.9 Å². The normalized spacial score (nSPS) is 14.7. The summed E-state index contributed by atoms with van der Waals surface area (Å²) in [5.74, 6) is 0. The van der Waals surface area contributed by atoms with Crippen LogP contribution in [0.2, 0.25) is 0 Å². The lowest BCUT2D eigenvalue weighted by atomic mass is 9.69. The van der Waals surface area contributed by atoms with Crippen LogP contribution in [0.25, 0.3) is 49.5 Å². The van der Waals surface area contributed by atoms with E-state index >= 15 is 0 Å². The fraction of sp³-hybridized carbons (Fsp3) is 0.172. The highest BCUT2D eigenvalue weighted by Gasteiger charge is 2.45. The zero-order valence-electron chi connectivity index (χ0n) is 18.0. The van der Waals surface area contributed by atoms with Gasteiger partial charge in [0.25, 0.3) is 0 Å². The average molecular weight is 402 g/mol. The maximum absolute atomic E-state index is 5.23. The SMILES string of the molecule is C=C1[n+]2cc(-c3ccccc3)nc3c4ccccc4c4cccc(c4c32)C1(CC)CC. The maximum atomic E-state index is 5.23. The van der Waals surface area contributed by atoms with Crippen LogP contribution in [0.3, 0.4) is 0 Å². The van der Waals surface area contributed by atoms with Crippen LogP contribution in [0.5, 0.6) is 0 Å². The summed E-state index contributed by atoms with van der Waals surface area (Å²) in [6.45, 7) is 9.25. The first-order chi connectivity index (χ1) is 15.2. The van der Waals surface area contributed by atoms with E-state index in [0.717, 1.165) is 35.3 Å². The number of fused-ring (bicyclic) bond motifs is 3. The Balaban J connectivity index is 1.91. The third kappa shape index (κ3) is 2.28. The zero-order chi connectivity index (χ0) is 21.2. The third-order valence-corrected chi connectivity index (χ3v) is 7.36. The van der Waals surface area contributed by atoms with Crippen molar-refractivity contribution in [1.82, 2.24) is 4.98 Å². The molecule has 2 nitrogen and oxygen atoms in total. The van der Waals surface area contributed by atoms with Gasteiger partial charge in [-0.05, 0) is 35.8 Å². The topological polar surface area (TPSA) is 16.8 Å². The lowest BCUT2D eigenvalue weighted by Crippen LogP contribution is -2.47. The summed E-state index contributed by atoms with van der Waals surface area (Å²) in [5, 5.41) is 5.11. The predicted octanol–water partition coefficient (Wildman–Crippen LogP) is 7.04. The molecule has 0 spiro atoms. The minimum Gasteiger partial charge on any atom is -0.234 e. The van der Waals surface area contributed by atoms with Gasteiger partial charge in [0.1, 0.15) is 11.2 Å².